The first kappa shape index (κ1) is 6.88. The number of ether oxygens (including phenoxy) is 1. The summed E-state index contributed by atoms with van der Waals surface area (Å²) in [5, 5.41) is 8.15. The maximum absolute atomic E-state index is 8.15. The van der Waals surface area contributed by atoms with Crippen LogP contribution in [0.25, 0.3) is 0 Å². The van der Waals surface area contributed by atoms with Crippen LogP contribution in [0, 0.1) is 0 Å². The van der Waals surface area contributed by atoms with Crippen molar-refractivity contribution in [2.45, 2.75) is 0 Å². The van der Waals surface area contributed by atoms with E-state index in [0.717, 1.165) is 6.54 Å². The number of quaternary nitrogens is 1. The molecule has 0 aliphatic heterocycles. The van der Waals surface area contributed by atoms with Crippen molar-refractivity contribution in [1.29, 1.82) is 0 Å². The van der Waals surface area contributed by atoms with E-state index in [0.29, 0.717) is 13.2 Å². The highest BCUT2D eigenvalue weighted by atomic mass is 16.5. The van der Waals surface area contributed by atoms with Crippen LogP contribution in [-0.4, -0.2) is 31.5 Å². The summed E-state index contributed by atoms with van der Waals surface area (Å²) in [7, 11) is 0. The fourth-order valence-electron chi connectivity index (χ4n) is 0.269. The Hall–Kier alpha value is -0.120. The van der Waals surface area contributed by atoms with Gasteiger partial charge >= 0.3 is 0 Å². The summed E-state index contributed by atoms with van der Waals surface area (Å²) in [5.41, 5.74) is 3.55. The summed E-state index contributed by atoms with van der Waals surface area (Å²) in [4.78, 5) is 0. The molecule has 0 saturated carbocycles. The number of rotatable bonds is 4. The van der Waals surface area contributed by atoms with Gasteiger partial charge < -0.3 is 15.6 Å². The van der Waals surface area contributed by atoms with Crippen LogP contribution in [0.15, 0.2) is 0 Å². The lowest BCUT2D eigenvalue weighted by molar-refractivity contribution is -0.374. The van der Waals surface area contributed by atoms with Crippen molar-refractivity contribution >= 4 is 0 Å². The third-order valence-electron chi connectivity index (χ3n) is 0.524. The summed E-state index contributed by atoms with van der Waals surface area (Å²) >= 11 is 0. The second-order valence-electron chi connectivity index (χ2n) is 1.19. The second-order valence-corrected chi connectivity index (χ2v) is 1.19. The topological polar surface area (TPSA) is 57.1 Å². The van der Waals surface area contributed by atoms with Crippen molar-refractivity contribution in [1.82, 2.24) is 0 Å². The third kappa shape index (κ3) is 5.88. The zero-order chi connectivity index (χ0) is 5.54. The first-order valence-electron chi connectivity index (χ1n) is 2.39. The van der Waals surface area contributed by atoms with E-state index < -0.39 is 0 Å². The van der Waals surface area contributed by atoms with E-state index in [1.807, 2.05) is 0 Å². The number of hydrogen-bond donors (Lipinski definition) is 2. The Morgan fingerprint density at radius 1 is 1.43 bits per heavy atom. The molecule has 0 aromatic carbocycles. The van der Waals surface area contributed by atoms with Gasteiger partial charge in [0.2, 0.25) is 0 Å². The van der Waals surface area contributed by atoms with Gasteiger partial charge in [0.15, 0.2) is 0 Å². The molecule has 0 aromatic rings. The second kappa shape index (κ2) is 5.88. The molecule has 0 aromatic heterocycles. The van der Waals surface area contributed by atoms with Crippen molar-refractivity contribution in [2.24, 2.45) is 0 Å². The van der Waals surface area contributed by atoms with Crippen LogP contribution in [0.1, 0.15) is 0 Å². The highest BCUT2D eigenvalue weighted by Gasteiger charge is 1.80. The average molecular weight is 106 g/mol. The number of hydrogen-bond acceptors (Lipinski definition) is 2. The molecule has 0 rings (SSSR count). The van der Waals surface area contributed by atoms with E-state index in [4.69, 9.17) is 9.84 Å². The first-order chi connectivity index (χ1) is 3.41. The van der Waals surface area contributed by atoms with Crippen molar-refractivity contribution in [3.63, 3.8) is 0 Å². The summed E-state index contributed by atoms with van der Waals surface area (Å²) in [6, 6.07) is 0. The first-order valence-corrected chi connectivity index (χ1v) is 2.39. The van der Waals surface area contributed by atoms with Crippen LogP contribution in [0.4, 0.5) is 0 Å². The smallest absolute Gasteiger partial charge is 0.0977 e. The van der Waals surface area contributed by atoms with Crippen molar-refractivity contribution in [2.75, 3.05) is 26.4 Å². The third-order valence-corrected chi connectivity index (χ3v) is 0.524. The molecule has 0 radical (unpaired) electrons. The fraction of sp³-hybridized carbons (Fsp3) is 1.00. The van der Waals surface area contributed by atoms with Crippen molar-refractivity contribution < 1.29 is 15.6 Å². The lowest BCUT2D eigenvalue weighted by atomic mass is 10.7. The van der Waals surface area contributed by atoms with Gasteiger partial charge in [-0.1, -0.05) is 0 Å². The Bertz CT molecular complexity index is 28.9. The zero-order valence-electron chi connectivity index (χ0n) is 4.39. The highest BCUT2D eigenvalue weighted by molar-refractivity contribution is 4.23. The molecule has 0 atom stereocenters. The summed E-state index contributed by atoms with van der Waals surface area (Å²) in [6.07, 6.45) is 0. The van der Waals surface area contributed by atoms with Gasteiger partial charge in [-0.05, 0) is 0 Å². The molecule has 0 unspecified atom stereocenters. The van der Waals surface area contributed by atoms with Crippen molar-refractivity contribution in [3.05, 3.63) is 0 Å². The highest BCUT2D eigenvalue weighted by Crippen LogP contribution is 1.65. The molecule has 0 aliphatic carbocycles. The lowest BCUT2D eigenvalue weighted by Crippen LogP contribution is -2.52. The molecule has 0 heterocycles. The van der Waals surface area contributed by atoms with E-state index in [1.54, 1.807) is 0 Å². The minimum Gasteiger partial charge on any atom is -0.394 e. The van der Waals surface area contributed by atoms with E-state index in [1.165, 1.54) is 0 Å². The average Bonchev–Trinajstić information content (AvgIpc) is 1.69. The quantitative estimate of drug-likeness (QED) is 0.417. The molecule has 0 spiro atoms. The summed E-state index contributed by atoms with van der Waals surface area (Å²) < 4.78 is 4.82. The molecule has 3 nitrogen and oxygen atoms in total. The monoisotopic (exact) mass is 106 g/mol. The molecule has 0 fully saturated rings. The molecular weight excluding hydrogens is 94.0 g/mol. The molecule has 0 aliphatic rings. The molecule has 0 amide bonds. The summed E-state index contributed by atoms with van der Waals surface area (Å²) in [6.45, 7) is 1.98. The Morgan fingerprint density at radius 3 is 2.57 bits per heavy atom. The van der Waals surface area contributed by atoms with E-state index in [-0.39, 0.29) is 6.61 Å². The SMILES string of the molecule is [NH3+]CCOCCO. The van der Waals surface area contributed by atoms with Gasteiger partial charge in [0, 0.05) is 0 Å². The van der Waals surface area contributed by atoms with Gasteiger partial charge in [0.1, 0.15) is 0 Å². The molecule has 0 bridgehead atoms. The Morgan fingerprint density at radius 2 is 2.14 bits per heavy atom. The van der Waals surface area contributed by atoms with Crippen LogP contribution in [0.5, 0.6) is 0 Å². The van der Waals surface area contributed by atoms with Gasteiger partial charge in [-0.3, -0.25) is 0 Å². The van der Waals surface area contributed by atoms with Crippen molar-refractivity contribution in [3.8, 4) is 0 Å². The van der Waals surface area contributed by atoms with Gasteiger partial charge in [-0.2, -0.15) is 0 Å². The minimum atomic E-state index is 0.111. The Balaban J connectivity index is 2.45. The Labute approximate surface area is 43.1 Å². The molecule has 44 valence electrons. The van der Waals surface area contributed by atoms with Crippen LogP contribution in [0.2, 0.25) is 0 Å². The lowest BCUT2D eigenvalue weighted by Gasteiger charge is -1.93. The minimum absolute atomic E-state index is 0.111. The molecule has 4 N–H and O–H groups in total. The normalized spacial score (nSPS) is 9.43. The molecular formula is C4H12NO2+. The maximum atomic E-state index is 8.15. The molecule has 0 saturated heterocycles. The van der Waals surface area contributed by atoms with Crippen LogP contribution < -0.4 is 5.73 Å². The van der Waals surface area contributed by atoms with Gasteiger partial charge in [-0.25, -0.2) is 0 Å². The van der Waals surface area contributed by atoms with Crippen LogP contribution in [0.3, 0.4) is 0 Å². The van der Waals surface area contributed by atoms with E-state index >= 15 is 0 Å². The van der Waals surface area contributed by atoms with Gasteiger partial charge in [-0.15, -0.1) is 0 Å². The van der Waals surface area contributed by atoms with E-state index in [2.05, 4.69) is 5.73 Å². The summed E-state index contributed by atoms with van der Waals surface area (Å²) in [5.74, 6) is 0. The number of aliphatic hydroxyl groups excluding tert-OH is 1. The Kier molecular flexibility index (Phi) is 5.78. The largest absolute Gasteiger partial charge is 0.394 e. The van der Waals surface area contributed by atoms with Gasteiger partial charge in [0.25, 0.3) is 0 Å². The molecule has 3 heteroatoms. The maximum Gasteiger partial charge on any atom is 0.0977 e. The van der Waals surface area contributed by atoms with Crippen LogP contribution in [-0.2, 0) is 4.74 Å². The fourth-order valence-corrected chi connectivity index (χ4v) is 0.269. The predicted molar refractivity (Wildman–Crippen MR) is 25.7 cm³/mol. The zero-order valence-corrected chi connectivity index (χ0v) is 4.39. The predicted octanol–water partition coefficient (Wildman–Crippen LogP) is -1.76. The standard InChI is InChI=1S/C4H11NO2/c5-1-3-7-4-2-6/h6H,1-5H2/p+1. The van der Waals surface area contributed by atoms with Crippen LogP contribution >= 0.6 is 0 Å². The molecule has 7 heavy (non-hydrogen) atoms. The van der Waals surface area contributed by atoms with E-state index in [9.17, 15) is 0 Å². The van der Waals surface area contributed by atoms with Gasteiger partial charge in [0.05, 0.1) is 26.4 Å². The number of aliphatic hydroxyl groups is 1.